The second-order valence-electron chi connectivity index (χ2n) is 4.68. The summed E-state index contributed by atoms with van der Waals surface area (Å²) in [6.45, 7) is 1.85. The van der Waals surface area contributed by atoms with Crippen LogP contribution in [-0.4, -0.2) is 10.9 Å². The lowest BCUT2D eigenvalue weighted by Crippen LogP contribution is -2.36. The molecule has 0 aliphatic rings. The van der Waals surface area contributed by atoms with Crippen molar-refractivity contribution in [3.05, 3.63) is 70.2 Å². The predicted molar refractivity (Wildman–Crippen MR) is 89.6 cm³/mol. The number of nitrogens with two attached hydrogens (primary N) is 1. The van der Waals surface area contributed by atoms with Gasteiger partial charge < -0.3 is 11.1 Å². The van der Waals surface area contributed by atoms with Gasteiger partial charge in [0.15, 0.2) is 0 Å². The Morgan fingerprint density at radius 2 is 1.90 bits per heavy atom. The van der Waals surface area contributed by atoms with Gasteiger partial charge in [-0.05, 0) is 30.2 Å². The smallest absolute Gasteiger partial charge is 0.252 e. The van der Waals surface area contributed by atoms with Gasteiger partial charge >= 0.3 is 0 Å². The number of benzene rings is 2. The second-order valence-corrected chi connectivity index (χ2v) is 5.59. The molecule has 0 aliphatic carbocycles. The molecule has 3 N–H and O–H groups in total. The molecule has 1 atom stereocenters. The van der Waals surface area contributed by atoms with Crippen molar-refractivity contribution in [1.82, 2.24) is 5.32 Å². The highest BCUT2D eigenvalue weighted by Crippen LogP contribution is 2.18. The lowest BCUT2D eigenvalue weighted by molar-refractivity contribution is 0.0946. The number of halogens is 1. The van der Waals surface area contributed by atoms with Crippen molar-refractivity contribution in [2.24, 2.45) is 5.73 Å². The van der Waals surface area contributed by atoms with E-state index in [1.54, 1.807) is 18.2 Å². The molecule has 21 heavy (non-hydrogen) atoms. The summed E-state index contributed by atoms with van der Waals surface area (Å²) in [5.74, 6) is -0.253. The molecule has 108 valence electrons. The van der Waals surface area contributed by atoms with Crippen molar-refractivity contribution in [2.75, 3.05) is 0 Å². The maximum Gasteiger partial charge on any atom is 0.252 e. The van der Waals surface area contributed by atoms with Gasteiger partial charge in [0.25, 0.3) is 5.91 Å². The van der Waals surface area contributed by atoms with E-state index in [0.29, 0.717) is 10.6 Å². The molecule has 5 heteroatoms. The molecule has 0 bridgehead atoms. The first-order chi connectivity index (χ1) is 9.99. The number of carbonyl (C=O) groups is 1. The van der Waals surface area contributed by atoms with E-state index >= 15 is 0 Å². The Morgan fingerprint density at radius 3 is 2.52 bits per heavy atom. The summed E-state index contributed by atoms with van der Waals surface area (Å²) in [6.07, 6.45) is 0. The monoisotopic (exact) mass is 318 g/mol. The fraction of sp³-hybridized carbons (Fsp3) is 0.125. The maximum atomic E-state index is 12.4. The Labute approximate surface area is 134 Å². The quantitative estimate of drug-likeness (QED) is 0.849. The molecule has 0 saturated heterocycles. The van der Waals surface area contributed by atoms with Crippen LogP contribution < -0.4 is 11.1 Å². The largest absolute Gasteiger partial charge is 0.391 e. The lowest BCUT2D eigenvalue weighted by atomic mass is 10.0. The molecule has 2 aromatic carbocycles. The summed E-state index contributed by atoms with van der Waals surface area (Å²) >= 11 is 11.0. The normalized spacial score (nSPS) is 11.7. The standard InChI is InChI=1S/C16H15ClN2OS/c1-10-7-8-12(17)9-13(10)16(20)19-14(15(18)21)11-5-3-2-4-6-11/h2-9,14H,1H3,(H2,18,21)(H,19,20). The van der Waals surface area contributed by atoms with Gasteiger partial charge in [0, 0.05) is 10.6 Å². The van der Waals surface area contributed by atoms with E-state index < -0.39 is 6.04 Å². The summed E-state index contributed by atoms with van der Waals surface area (Å²) in [4.78, 5) is 12.6. The number of hydrogen-bond acceptors (Lipinski definition) is 2. The van der Waals surface area contributed by atoms with Crippen molar-refractivity contribution in [1.29, 1.82) is 0 Å². The molecule has 0 fully saturated rings. The Hall–Kier alpha value is -1.91. The van der Waals surface area contributed by atoms with Gasteiger partial charge in [-0.1, -0.05) is 60.2 Å². The first-order valence-corrected chi connectivity index (χ1v) is 7.19. The minimum absolute atomic E-state index is 0.217. The Morgan fingerprint density at radius 1 is 1.24 bits per heavy atom. The third kappa shape index (κ3) is 3.80. The van der Waals surface area contributed by atoms with E-state index in [1.165, 1.54) is 0 Å². The third-order valence-electron chi connectivity index (χ3n) is 3.14. The van der Waals surface area contributed by atoms with E-state index in [1.807, 2.05) is 37.3 Å². The Kier molecular flexibility index (Phi) is 4.94. The van der Waals surface area contributed by atoms with E-state index in [-0.39, 0.29) is 10.9 Å². The summed E-state index contributed by atoms with van der Waals surface area (Å²) < 4.78 is 0. The Balaban J connectivity index is 2.27. The van der Waals surface area contributed by atoms with E-state index in [0.717, 1.165) is 11.1 Å². The van der Waals surface area contributed by atoms with Crippen LogP contribution in [0.5, 0.6) is 0 Å². The number of aryl methyl sites for hydroxylation is 1. The number of amides is 1. The molecule has 0 saturated carbocycles. The van der Waals surface area contributed by atoms with Gasteiger partial charge in [-0.25, -0.2) is 0 Å². The van der Waals surface area contributed by atoms with Gasteiger partial charge in [0.2, 0.25) is 0 Å². The summed E-state index contributed by atoms with van der Waals surface area (Å²) in [5, 5.41) is 3.36. The molecule has 0 radical (unpaired) electrons. The summed E-state index contributed by atoms with van der Waals surface area (Å²) in [6, 6.07) is 14.0. The summed E-state index contributed by atoms with van der Waals surface area (Å²) in [7, 11) is 0. The SMILES string of the molecule is Cc1ccc(Cl)cc1C(=O)NC(C(N)=S)c1ccccc1. The van der Waals surface area contributed by atoms with Gasteiger partial charge in [-0.2, -0.15) is 0 Å². The average molecular weight is 319 g/mol. The molecule has 2 aromatic rings. The van der Waals surface area contributed by atoms with Gasteiger partial charge in [0.05, 0.1) is 0 Å². The van der Waals surface area contributed by atoms with Gasteiger partial charge in [-0.3, -0.25) is 4.79 Å². The number of rotatable bonds is 4. The van der Waals surface area contributed by atoms with Gasteiger partial charge in [0.1, 0.15) is 11.0 Å². The molecule has 2 rings (SSSR count). The molecule has 1 unspecified atom stereocenters. The zero-order valence-corrected chi connectivity index (χ0v) is 13.0. The third-order valence-corrected chi connectivity index (χ3v) is 3.61. The lowest BCUT2D eigenvalue weighted by Gasteiger charge is -2.18. The molecule has 0 heterocycles. The van der Waals surface area contributed by atoms with Crippen LogP contribution >= 0.6 is 23.8 Å². The van der Waals surface area contributed by atoms with Crippen LogP contribution in [0.4, 0.5) is 0 Å². The molecule has 0 aliphatic heterocycles. The minimum atomic E-state index is -0.507. The number of thiocarbonyl (C=S) groups is 1. The second kappa shape index (κ2) is 6.70. The Bertz CT molecular complexity index is 673. The van der Waals surface area contributed by atoms with Crippen molar-refractivity contribution in [3.63, 3.8) is 0 Å². The molecule has 3 nitrogen and oxygen atoms in total. The van der Waals surface area contributed by atoms with Crippen LogP contribution in [-0.2, 0) is 0 Å². The molecule has 0 aromatic heterocycles. The van der Waals surface area contributed by atoms with Crippen molar-refractivity contribution in [2.45, 2.75) is 13.0 Å². The molecular formula is C16H15ClN2OS. The topological polar surface area (TPSA) is 55.1 Å². The van der Waals surface area contributed by atoms with Crippen molar-refractivity contribution in [3.8, 4) is 0 Å². The molecule has 0 spiro atoms. The fourth-order valence-corrected chi connectivity index (χ4v) is 2.38. The molecule has 1 amide bonds. The first-order valence-electron chi connectivity index (χ1n) is 6.40. The highest BCUT2D eigenvalue weighted by Gasteiger charge is 2.19. The maximum absolute atomic E-state index is 12.4. The van der Waals surface area contributed by atoms with Crippen LogP contribution in [0.1, 0.15) is 27.5 Å². The minimum Gasteiger partial charge on any atom is -0.391 e. The zero-order chi connectivity index (χ0) is 15.4. The van der Waals surface area contributed by atoms with Crippen LogP contribution in [0.25, 0.3) is 0 Å². The number of hydrogen-bond donors (Lipinski definition) is 2. The fourth-order valence-electron chi connectivity index (χ4n) is 2.01. The van der Waals surface area contributed by atoms with Crippen molar-refractivity contribution >= 4 is 34.7 Å². The number of carbonyl (C=O) groups excluding carboxylic acids is 1. The van der Waals surface area contributed by atoms with Crippen LogP contribution in [0.3, 0.4) is 0 Å². The van der Waals surface area contributed by atoms with Crippen LogP contribution in [0, 0.1) is 6.92 Å². The van der Waals surface area contributed by atoms with Crippen LogP contribution in [0.2, 0.25) is 5.02 Å². The highest BCUT2D eigenvalue weighted by atomic mass is 35.5. The van der Waals surface area contributed by atoms with Gasteiger partial charge in [-0.15, -0.1) is 0 Å². The average Bonchev–Trinajstić information content (AvgIpc) is 2.47. The van der Waals surface area contributed by atoms with E-state index in [4.69, 9.17) is 29.6 Å². The predicted octanol–water partition coefficient (Wildman–Crippen LogP) is 3.41. The zero-order valence-electron chi connectivity index (χ0n) is 11.5. The molecular weight excluding hydrogens is 304 g/mol. The van der Waals surface area contributed by atoms with Crippen molar-refractivity contribution < 1.29 is 4.79 Å². The van der Waals surface area contributed by atoms with Crippen LogP contribution in [0.15, 0.2) is 48.5 Å². The summed E-state index contributed by atoms with van der Waals surface area (Å²) in [5.41, 5.74) is 7.95. The highest BCUT2D eigenvalue weighted by molar-refractivity contribution is 7.80. The van der Waals surface area contributed by atoms with E-state index in [2.05, 4.69) is 5.32 Å². The van der Waals surface area contributed by atoms with E-state index in [9.17, 15) is 4.79 Å². The number of nitrogens with one attached hydrogen (secondary N) is 1. The first kappa shape index (κ1) is 15.5.